The molecule has 1 aromatic heterocycles. The number of nitrogens with one attached hydrogen (secondary N) is 1. The molecule has 1 fully saturated rings. The van der Waals surface area contributed by atoms with Gasteiger partial charge in [-0.15, -0.1) is 0 Å². The smallest absolute Gasteiger partial charge is 0.305 e. The summed E-state index contributed by atoms with van der Waals surface area (Å²) in [4.78, 5) is 28.4. The zero-order valence-corrected chi connectivity index (χ0v) is 18.0. The molecule has 0 unspecified atom stereocenters. The van der Waals surface area contributed by atoms with Crippen molar-refractivity contribution in [2.24, 2.45) is 0 Å². The van der Waals surface area contributed by atoms with E-state index in [4.69, 9.17) is 4.74 Å². The number of ether oxygens (including phenoxy) is 1. The number of sulfonamides is 1. The second-order valence-electron chi connectivity index (χ2n) is 6.98. The number of hydrogen-bond acceptors (Lipinski definition) is 6. The van der Waals surface area contributed by atoms with Crippen LogP contribution in [0.3, 0.4) is 0 Å². The summed E-state index contributed by atoms with van der Waals surface area (Å²) in [7, 11) is -2.10. The lowest BCUT2D eigenvalue weighted by Gasteiger charge is -2.34. The number of methoxy groups -OCH3 is 1. The van der Waals surface area contributed by atoms with E-state index < -0.39 is 10.0 Å². The van der Waals surface area contributed by atoms with Gasteiger partial charge in [-0.05, 0) is 35.9 Å². The first-order chi connectivity index (χ1) is 14.4. The third-order valence-corrected chi connectivity index (χ3v) is 7.88. The van der Waals surface area contributed by atoms with Crippen LogP contribution in [0.4, 0.5) is 0 Å². The normalized spacial score (nSPS) is 15.4. The molecule has 1 amide bonds. The number of thiazole rings is 1. The van der Waals surface area contributed by atoms with Gasteiger partial charge in [0.25, 0.3) is 0 Å². The Morgan fingerprint density at radius 3 is 2.47 bits per heavy atom. The maximum atomic E-state index is 13.0. The van der Waals surface area contributed by atoms with Gasteiger partial charge in [0, 0.05) is 26.2 Å². The number of piperazine rings is 1. The highest BCUT2D eigenvalue weighted by Crippen LogP contribution is 2.23. The Kier molecular flexibility index (Phi) is 5.63. The van der Waals surface area contributed by atoms with Crippen LogP contribution in [-0.4, -0.2) is 61.8 Å². The van der Waals surface area contributed by atoms with Gasteiger partial charge in [0.2, 0.25) is 15.9 Å². The van der Waals surface area contributed by atoms with Gasteiger partial charge >= 0.3 is 4.87 Å². The van der Waals surface area contributed by atoms with Crippen molar-refractivity contribution in [3.05, 3.63) is 57.7 Å². The Hall–Kier alpha value is -2.69. The molecule has 0 atom stereocenters. The first-order valence-corrected chi connectivity index (χ1v) is 11.7. The number of hydrogen-bond donors (Lipinski definition) is 1. The van der Waals surface area contributed by atoms with Crippen LogP contribution in [0.5, 0.6) is 5.75 Å². The Bertz CT molecular complexity index is 1220. The molecule has 10 heteroatoms. The van der Waals surface area contributed by atoms with Crippen LogP contribution < -0.4 is 9.61 Å². The topological polar surface area (TPSA) is 99.8 Å². The lowest BCUT2D eigenvalue weighted by molar-refractivity contribution is -0.131. The summed E-state index contributed by atoms with van der Waals surface area (Å²) in [6.45, 7) is 1.15. The van der Waals surface area contributed by atoms with Gasteiger partial charge in [-0.2, -0.15) is 4.31 Å². The molecule has 0 spiro atoms. The Balaban J connectivity index is 1.41. The average molecular weight is 448 g/mol. The predicted octanol–water partition coefficient (Wildman–Crippen LogP) is 1.67. The number of rotatable bonds is 5. The van der Waals surface area contributed by atoms with E-state index in [1.807, 2.05) is 24.3 Å². The minimum atomic E-state index is -3.69. The van der Waals surface area contributed by atoms with Gasteiger partial charge in [-0.25, -0.2) is 8.42 Å². The molecule has 2 aromatic carbocycles. The van der Waals surface area contributed by atoms with Crippen LogP contribution >= 0.6 is 11.3 Å². The number of H-pyrrole nitrogens is 1. The Labute approximate surface area is 177 Å². The summed E-state index contributed by atoms with van der Waals surface area (Å²) < 4.78 is 33.1. The van der Waals surface area contributed by atoms with Gasteiger partial charge in [-0.3, -0.25) is 9.59 Å². The number of benzene rings is 2. The second-order valence-corrected chi connectivity index (χ2v) is 9.93. The number of nitrogens with zero attached hydrogens (tertiary/aromatic N) is 2. The molecular weight excluding hydrogens is 426 g/mol. The van der Waals surface area contributed by atoms with Crippen molar-refractivity contribution < 1.29 is 17.9 Å². The summed E-state index contributed by atoms with van der Waals surface area (Å²) in [6, 6.07) is 12.0. The van der Waals surface area contributed by atoms with Gasteiger partial charge in [0.05, 0.1) is 28.6 Å². The lowest BCUT2D eigenvalue weighted by atomic mass is 10.1. The number of aromatic amines is 1. The highest BCUT2D eigenvalue weighted by Gasteiger charge is 2.30. The quantitative estimate of drug-likeness (QED) is 0.641. The van der Waals surface area contributed by atoms with Crippen molar-refractivity contribution >= 4 is 37.5 Å². The summed E-state index contributed by atoms with van der Waals surface area (Å²) in [5.41, 5.74) is 1.51. The molecule has 3 aromatic rings. The minimum Gasteiger partial charge on any atom is -0.497 e. The predicted molar refractivity (Wildman–Crippen MR) is 114 cm³/mol. The van der Waals surface area contributed by atoms with Gasteiger partial charge in [-0.1, -0.05) is 23.5 Å². The van der Waals surface area contributed by atoms with Crippen LogP contribution in [0.25, 0.3) is 10.2 Å². The van der Waals surface area contributed by atoms with Crippen molar-refractivity contribution in [1.82, 2.24) is 14.2 Å². The monoisotopic (exact) mass is 447 g/mol. The third-order valence-electron chi connectivity index (χ3n) is 5.14. The van der Waals surface area contributed by atoms with Crippen LogP contribution in [-0.2, 0) is 21.2 Å². The first-order valence-electron chi connectivity index (χ1n) is 9.40. The van der Waals surface area contributed by atoms with Crippen molar-refractivity contribution in [3.63, 3.8) is 0 Å². The van der Waals surface area contributed by atoms with E-state index in [1.54, 1.807) is 18.1 Å². The van der Waals surface area contributed by atoms with Gasteiger partial charge < -0.3 is 14.6 Å². The van der Waals surface area contributed by atoms with Crippen molar-refractivity contribution in [3.8, 4) is 5.75 Å². The minimum absolute atomic E-state index is 0.0317. The highest BCUT2D eigenvalue weighted by molar-refractivity contribution is 7.89. The zero-order chi connectivity index (χ0) is 21.3. The molecule has 30 heavy (non-hydrogen) atoms. The van der Waals surface area contributed by atoms with E-state index in [0.717, 1.165) is 22.6 Å². The van der Waals surface area contributed by atoms with E-state index >= 15 is 0 Å². The third kappa shape index (κ3) is 4.11. The molecule has 4 rings (SSSR count). The number of amides is 1. The summed E-state index contributed by atoms with van der Waals surface area (Å²) in [5, 5.41) is 0. The van der Waals surface area contributed by atoms with Gasteiger partial charge in [0.1, 0.15) is 5.75 Å². The SMILES string of the molecule is COc1ccc(CC(=O)N2CCN(S(=O)(=O)c3ccc4[nH]c(=O)sc4c3)CC2)cc1. The van der Waals surface area contributed by atoms with Gasteiger partial charge in [0.15, 0.2) is 0 Å². The molecule has 1 aliphatic heterocycles. The zero-order valence-electron chi connectivity index (χ0n) is 16.3. The summed E-state index contributed by atoms with van der Waals surface area (Å²) >= 11 is 0.982. The molecule has 2 heterocycles. The lowest BCUT2D eigenvalue weighted by Crippen LogP contribution is -2.50. The van der Waals surface area contributed by atoms with Crippen LogP contribution in [0.2, 0.25) is 0 Å². The molecule has 1 saturated heterocycles. The number of carbonyl (C=O) groups is 1. The maximum Gasteiger partial charge on any atom is 0.305 e. The molecule has 8 nitrogen and oxygen atoms in total. The molecule has 0 aliphatic carbocycles. The molecule has 1 aliphatic rings. The van der Waals surface area contributed by atoms with E-state index in [0.29, 0.717) is 23.3 Å². The number of fused-ring (bicyclic) bond motifs is 1. The second kappa shape index (κ2) is 8.21. The van der Waals surface area contributed by atoms with E-state index in [1.165, 1.54) is 16.4 Å². The molecule has 0 radical (unpaired) electrons. The number of aromatic nitrogens is 1. The molecular formula is C20H21N3O5S2. The fourth-order valence-corrected chi connectivity index (χ4v) is 5.74. The standard InChI is InChI=1S/C20H21N3O5S2/c1-28-15-4-2-14(3-5-15)12-19(24)22-8-10-23(11-9-22)30(26,27)16-6-7-17-18(13-16)29-20(25)21-17/h2-7,13H,8-12H2,1H3,(H,21,25). The maximum absolute atomic E-state index is 13.0. The first kappa shape index (κ1) is 20.6. The summed E-state index contributed by atoms with van der Waals surface area (Å²) in [5.74, 6) is 0.700. The van der Waals surface area contributed by atoms with Crippen molar-refractivity contribution in [2.45, 2.75) is 11.3 Å². The van der Waals surface area contributed by atoms with E-state index in [9.17, 15) is 18.0 Å². The average Bonchev–Trinajstić information content (AvgIpc) is 3.13. The fraction of sp³-hybridized carbons (Fsp3) is 0.300. The van der Waals surface area contributed by atoms with E-state index in [2.05, 4.69) is 4.98 Å². The molecule has 158 valence electrons. The molecule has 0 saturated carbocycles. The summed E-state index contributed by atoms with van der Waals surface area (Å²) in [6.07, 6.45) is 0.264. The van der Waals surface area contributed by atoms with Crippen molar-refractivity contribution in [1.29, 1.82) is 0 Å². The van der Waals surface area contributed by atoms with Crippen molar-refractivity contribution in [2.75, 3.05) is 33.3 Å². The number of carbonyl (C=O) groups excluding carboxylic acids is 1. The van der Waals surface area contributed by atoms with Crippen LogP contribution in [0.15, 0.2) is 52.2 Å². The Morgan fingerprint density at radius 2 is 1.80 bits per heavy atom. The highest BCUT2D eigenvalue weighted by atomic mass is 32.2. The Morgan fingerprint density at radius 1 is 1.10 bits per heavy atom. The van der Waals surface area contributed by atoms with Crippen LogP contribution in [0, 0.1) is 0 Å². The van der Waals surface area contributed by atoms with E-state index in [-0.39, 0.29) is 35.2 Å². The largest absolute Gasteiger partial charge is 0.497 e. The fourth-order valence-electron chi connectivity index (χ4n) is 3.44. The molecule has 0 bridgehead atoms. The molecule has 1 N–H and O–H groups in total. The van der Waals surface area contributed by atoms with Crippen LogP contribution in [0.1, 0.15) is 5.56 Å².